The van der Waals surface area contributed by atoms with Crippen LogP contribution in [0.5, 0.6) is 5.75 Å². The molecule has 0 fully saturated rings. The van der Waals surface area contributed by atoms with Gasteiger partial charge in [-0.15, -0.1) is 0 Å². The van der Waals surface area contributed by atoms with Gasteiger partial charge in [-0.25, -0.2) is 14.4 Å². The van der Waals surface area contributed by atoms with Crippen LogP contribution < -0.4 is 11.1 Å². The highest BCUT2D eigenvalue weighted by atomic mass is 19.1. The van der Waals surface area contributed by atoms with Gasteiger partial charge in [-0.1, -0.05) is 12.1 Å². The molecule has 2 aromatic carbocycles. The minimum atomic E-state index is -0.459. The van der Waals surface area contributed by atoms with Crippen LogP contribution in [0.15, 0.2) is 42.5 Å². The van der Waals surface area contributed by atoms with Crippen LogP contribution in [0.3, 0.4) is 0 Å². The van der Waals surface area contributed by atoms with Gasteiger partial charge >= 0.3 is 0 Å². The molecule has 1 atom stereocenters. The van der Waals surface area contributed by atoms with E-state index in [2.05, 4.69) is 15.3 Å². The number of para-hydroxylation sites is 1. The Labute approximate surface area is 133 Å². The third-order valence-electron chi connectivity index (χ3n) is 3.39. The maximum Gasteiger partial charge on any atom is 0.165 e. The number of fused-ring (bicyclic) bond motifs is 1. The molecule has 0 saturated heterocycles. The molecular weight excluding hydrogens is 295 g/mol. The molecule has 0 bridgehead atoms. The van der Waals surface area contributed by atoms with Crippen molar-refractivity contribution in [1.82, 2.24) is 9.97 Å². The first-order chi connectivity index (χ1) is 11.0. The number of rotatable bonds is 4. The number of nitrogens with zero attached hydrogens (tertiary/aromatic N) is 2. The second-order valence-electron chi connectivity index (χ2n) is 5.43. The van der Waals surface area contributed by atoms with Crippen LogP contribution in [-0.2, 0) is 0 Å². The van der Waals surface area contributed by atoms with Gasteiger partial charge in [-0.3, -0.25) is 0 Å². The molecule has 6 heteroatoms. The van der Waals surface area contributed by atoms with Gasteiger partial charge in [0.2, 0.25) is 0 Å². The predicted octanol–water partition coefficient (Wildman–Crippen LogP) is 2.90. The first-order valence-corrected chi connectivity index (χ1v) is 7.29. The predicted molar refractivity (Wildman–Crippen MR) is 88.7 cm³/mol. The quantitative estimate of drug-likeness (QED) is 0.690. The number of nitrogens with two attached hydrogens (primary N) is 1. The number of hydrogen-bond acceptors (Lipinski definition) is 5. The smallest absolute Gasteiger partial charge is 0.165 e. The molecule has 0 unspecified atom stereocenters. The summed E-state index contributed by atoms with van der Waals surface area (Å²) in [6, 6.07) is 11.1. The fourth-order valence-electron chi connectivity index (χ4n) is 2.28. The number of aromatic hydroxyl groups is 1. The highest BCUT2D eigenvalue weighted by molar-refractivity contribution is 5.90. The summed E-state index contributed by atoms with van der Waals surface area (Å²) in [4.78, 5) is 8.87. The lowest BCUT2D eigenvalue weighted by atomic mass is 10.1. The van der Waals surface area contributed by atoms with E-state index >= 15 is 0 Å². The number of benzene rings is 2. The molecule has 5 nitrogen and oxygen atoms in total. The van der Waals surface area contributed by atoms with E-state index in [1.807, 2.05) is 31.2 Å². The zero-order valence-corrected chi connectivity index (χ0v) is 12.6. The maximum atomic E-state index is 13.5. The third-order valence-corrected chi connectivity index (χ3v) is 3.39. The number of phenols is 1. The SMILES string of the molecule is C[C@@H](N)CNc1nc(-c2cc(F)ccc2O)nc2ccccc12. The summed E-state index contributed by atoms with van der Waals surface area (Å²) in [6.45, 7) is 2.42. The topological polar surface area (TPSA) is 84.1 Å². The second-order valence-corrected chi connectivity index (χ2v) is 5.43. The minimum Gasteiger partial charge on any atom is -0.507 e. The van der Waals surface area contributed by atoms with E-state index in [0.717, 1.165) is 5.39 Å². The third kappa shape index (κ3) is 3.22. The first kappa shape index (κ1) is 15.2. The van der Waals surface area contributed by atoms with E-state index < -0.39 is 5.82 Å². The van der Waals surface area contributed by atoms with Gasteiger partial charge in [-0.05, 0) is 37.3 Å². The van der Waals surface area contributed by atoms with Crippen molar-refractivity contribution in [3.8, 4) is 17.1 Å². The average molecular weight is 312 g/mol. The Morgan fingerprint density at radius 2 is 2.00 bits per heavy atom. The van der Waals surface area contributed by atoms with Crippen LogP contribution in [0.4, 0.5) is 10.2 Å². The lowest BCUT2D eigenvalue weighted by Crippen LogP contribution is -2.25. The zero-order chi connectivity index (χ0) is 16.4. The molecule has 1 aromatic heterocycles. The van der Waals surface area contributed by atoms with Crippen molar-refractivity contribution in [3.05, 3.63) is 48.3 Å². The van der Waals surface area contributed by atoms with Crippen LogP contribution in [-0.4, -0.2) is 27.7 Å². The molecule has 0 spiro atoms. The van der Waals surface area contributed by atoms with Crippen LogP contribution in [0.2, 0.25) is 0 Å². The molecule has 0 radical (unpaired) electrons. The Hall–Kier alpha value is -2.73. The lowest BCUT2D eigenvalue weighted by molar-refractivity contribution is 0.475. The van der Waals surface area contributed by atoms with Crippen LogP contribution in [0.1, 0.15) is 6.92 Å². The molecule has 0 aliphatic carbocycles. The van der Waals surface area contributed by atoms with E-state index in [-0.39, 0.29) is 23.2 Å². The number of aromatic nitrogens is 2. The number of halogens is 1. The highest BCUT2D eigenvalue weighted by Crippen LogP contribution is 2.30. The molecule has 3 rings (SSSR count). The Kier molecular flexibility index (Phi) is 4.08. The van der Waals surface area contributed by atoms with Crippen LogP contribution in [0.25, 0.3) is 22.3 Å². The van der Waals surface area contributed by atoms with Crippen LogP contribution >= 0.6 is 0 Å². The minimum absolute atomic E-state index is 0.0465. The molecule has 1 heterocycles. The summed E-state index contributed by atoms with van der Waals surface area (Å²) in [5.74, 6) is 0.332. The highest BCUT2D eigenvalue weighted by Gasteiger charge is 2.13. The van der Waals surface area contributed by atoms with E-state index in [9.17, 15) is 9.50 Å². The molecule has 3 aromatic rings. The Morgan fingerprint density at radius 3 is 2.78 bits per heavy atom. The number of nitrogens with one attached hydrogen (secondary N) is 1. The zero-order valence-electron chi connectivity index (χ0n) is 12.6. The van der Waals surface area contributed by atoms with Gasteiger partial charge in [0.05, 0.1) is 11.1 Å². The van der Waals surface area contributed by atoms with Gasteiger partial charge in [-0.2, -0.15) is 0 Å². The van der Waals surface area contributed by atoms with Gasteiger partial charge in [0.15, 0.2) is 5.82 Å². The van der Waals surface area contributed by atoms with Crippen molar-refractivity contribution in [1.29, 1.82) is 0 Å². The lowest BCUT2D eigenvalue weighted by Gasteiger charge is -2.13. The van der Waals surface area contributed by atoms with Crippen molar-refractivity contribution in [3.63, 3.8) is 0 Å². The van der Waals surface area contributed by atoms with Crippen molar-refractivity contribution >= 4 is 16.7 Å². The Balaban J connectivity index is 2.16. The summed E-state index contributed by atoms with van der Waals surface area (Å²) in [5, 5.41) is 14.0. The summed E-state index contributed by atoms with van der Waals surface area (Å²) < 4.78 is 13.5. The van der Waals surface area contributed by atoms with E-state index in [1.54, 1.807) is 0 Å². The van der Waals surface area contributed by atoms with E-state index in [4.69, 9.17) is 5.73 Å². The second kappa shape index (κ2) is 6.18. The van der Waals surface area contributed by atoms with Gasteiger partial charge in [0, 0.05) is 18.0 Å². The van der Waals surface area contributed by atoms with Crippen molar-refractivity contribution < 1.29 is 9.50 Å². The number of phenolic OH excluding ortho intramolecular Hbond substituents is 1. The molecule has 0 amide bonds. The fourth-order valence-corrected chi connectivity index (χ4v) is 2.28. The monoisotopic (exact) mass is 312 g/mol. The van der Waals surface area contributed by atoms with Crippen molar-refractivity contribution in [2.45, 2.75) is 13.0 Å². The molecule has 118 valence electrons. The van der Waals surface area contributed by atoms with E-state index in [1.165, 1.54) is 18.2 Å². The molecule has 23 heavy (non-hydrogen) atoms. The molecular formula is C17H17FN4O. The standard InChI is InChI=1S/C17H17FN4O/c1-10(19)9-20-16-12-4-2-3-5-14(12)21-17(22-16)13-8-11(18)6-7-15(13)23/h2-8,10,23H,9,19H2,1H3,(H,20,21,22)/t10-/m1/s1. The van der Waals surface area contributed by atoms with Crippen molar-refractivity contribution in [2.75, 3.05) is 11.9 Å². The molecule has 0 aliphatic rings. The maximum absolute atomic E-state index is 13.5. The van der Waals surface area contributed by atoms with Gasteiger partial charge in [0.25, 0.3) is 0 Å². The normalized spacial score (nSPS) is 12.3. The summed E-state index contributed by atoms with van der Waals surface area (Å²) in [6.07, 6.45) is 0. The van der Waals surface area contributed by atoms with Crippen molar-refractivity contribution in [2.24, 2.45) is 5.73 Å². The first-order valence-electron chi connectivity index (χ1n) is 7.29. The summed E-state index contributed by atoms with van der Waals surface area (Å²) in [5.41, 5.74) is 6.73. The largest absolute Gasteiger partial charge is 0.507 e. The van der Waals surface area contributed by atoms with Gasteiger partial charge < -0.3 is 16.2 Å². The number of hydrogen-bond donors (Lipinski definition) is 3. The Bertz CT molecular complexity index is 851. The van der Waals surface area contributed by atoms with Crippen LogP contribution in [0, 0.1) is 5.82 Å². The van der Waals surface area contributed by atoms with Gasteiger partial charge in [0.1, 0.15) is 17.4 Å². The number of anilines is 1. The fraction of sp³-hybridized carbons (Fsp3) is 0.176. The Morgan fingerprint density at radius 1 is 1.22 bits per heavy atom. The van der Waals surface area contributed by atoms with E-state index in [0.29, 0.717) is 17.9 Å². The summed E-state index contributed by atoms with van der Waals surface area (Å²) in [7, 11) is 0. The average Bonchev–Trinajstić information content (AvgIpc) is 2.54. The summed E-state index contributed by atoms with van der Waals surface area (Å²) >= 11 is 0. The molecule has 0 aliphatic heterocycles. The molecule has 4 N–H and O–H groups in total. The molecule has 0 saturated carbocycles.